The van der Waals surface area contributed by atoms with Crippen molar-refractivity contribution < 1.29 is 8.91 Å². The van der Waals surface area contributed by atoms with Crippen molar-refractivity contribution in [1.29, 1.82) is 0 Å². The van der Waals surface area contributed by atoms with Crippen LogP contribution in [0.2, 0.25) is 0 Å². The molecule has 3 rings (SSSR count). The molecule has 1 atom stereocenters. The van der Waals surface area contributed by atoms with Crippen LogP contribution in [-0.4, -0.2) is 23.2 Å². The fourth-order valence-corrected chi connectivity index (χ4v) is 2.95. The normalized spacial score (nSPS) is 19.2. The second-order valence-electron chi connectivity index (χ2n) is 5.09. The molecule has 1 aliphatic heterocycles. The largest absolute Gasteiger partial charge is 0.339 e. The Kier molecular flexibility index (Phi) is 4.12. The Morgan fingerprint density at radius 3 is 3.05 bits per heavy atom. The Morgan fingerprint density at radius 1 is 1.40 bits per heavy atom. The monoisotopic (exact) mass is 339 g/mol. The zero-order chi connectivity index (χ0) is 13.9. The molecule has 1 N–H and O–H groups in total. The first-order valence-corrected chi connectivity index (χ1v) is 7.50. The summed E-state index contributed by atoms with van der Waals surface area (Å²) in [5.41, 5.74) is 0.619. The zero-order valence-electron chi connectivity index (χ0n) is 10.9. The van der Waals surface area contributed by atoms with E-state index in [0.717, 1.165) is 19.5 Å². The molecular weight excluding hydrogens is 325 g/mol. The molecule has 1 fully saturated rings. The lowest BCUT2D eigenvalue weighted by atomic mass is 9.96. The first kappa shape index (κ1) is 13.7. The van der Waals surface area contributed by atoms with Crippen molar-refractivity contribution in [2.75, 3.05) is 13.1 Å². The summed E-state index contributed by atoms with van der Waals surface area (Å²) in [7, 11) is 0. The maximum atomic E-state index is 13.4. The standard InChI is InChI=1S/C14H15BrFN3O/c15-11-5-10(6-12(16)7-11)14-18-13(20-19-14)4-9-2-1-3-17-8-9/h5-7,9,17H,1-4,8H2. The Hall–Kier alpha value is -1.27. The lowest BCUT2D eigenvalue weighted by Crippen LogP contribution is -2.30. The van der Waals surface area contributed by atoms with Gasteiger partial charge in [0.1, 0.15) is 5.82 Å². The van der Waals surface area contributed by atoms with Crippen molar-refractivity contribution in [2.45, 2.75) is 19.3 Å². The molecule has 0 radical (unpaired) electrons. The molecule has 1 aliphatic rings. The van der Waals surface area contributed by atoms with Gasteiger partial charge in [-0.25, -0.2) is 4.39 Å². The van der Waals surface area contributed by atoms with Crippen LogP contribution in [0.15, 0.2) is 27.2 Å². The number of nitrogens with one attached hydrogen (secondary N) is 1. The van der Waals surface area contributed by atoms with Crippen LogP contribution in [0, 0.1) is 11.7 Å². The number of benzene rings is 1. The smallest absolute Gasteiger partial charge is 0.227 e. The van der Waals surface area contributed by atoms with Crippen LogP contribution in [0.25, 0.3) is 11.4 Å². The summed E-state index contributed by atoms with van der Waals surface area (Å²) < 4.78 is 19.3. The highest BCUT2D eigenvalue weighted by Crippen LogP contribution is 2.23. The van der Waals surface area contributed by atoms with Crippen LogP contribution < -0.4 is 5.32 Å². The number of piperidine rings is 1. The van der Waals surface area contributed by atoms with Gasteiger partial charge in [-0.1, -0.05) is 21.1 Å². The molecule has 4 nitrogen and oxygen atoms in total. The first-order valence-electron chi connectivity index (χ1n) is 6.70. The molecule has 1 aromatic carbocycles. The van der Waals surface area contributed by atoms with Crippen molar-refractivity contribution in [2.24, 2.45) is 5.92 Å². The van der Waals surface area contributed by atoms with E-state index in [1.807, 2.05) is 0 Å². The van der Waals surface area contributed by atoms with E-state index < -0.39 is 0 Å². The Balaban J connectivity index is 1.75. The number of aromatic nitrogens is 2. The van der Waals surface area contributed by atoms with Crippen LogP contribution in [-0.2, 0) is 6.42 Å². The molecule has 0 aliphatic carbocycles. The van der Waals surface area contributed by atoms with Gasteiger partial charge in [0.05, 0.1) is 0 Å². The molecule has 2 aromatic rings. The minimum absolute atomic E-state index is 0.322. The van der Waals surface area contributed by atoms with Gasteiger partial charge in [-0.05, 0) is 50.0 Å². The molecule has 6 heteroatoms. The number of hydrogen-bond acceptors (Lipinski definition) is 4. The third-order valence-electron chi connectivity index (χ3n) is 3.45. The van der Waals surface area contributed by atoms with Crippen molar-refractivity contribution in [3.63, 3.8) is 0 Å². The third-order valence-corrected chi connectivity index (χ3v) is 3.91. The van der Waals surface area contributed by atoms with Crippen molar-refractivity contribution in [3.8, 4) is 11.4 Å². The summed E-state index contributed by atoms with van der Waals surface area (Å²) >= 11 is 3.26. The highest BCUT2D eigenvalue weighted by atomic mass is 79.9. The summed E-state index contributed by atoms with van der Waals surface area (Å²) in [5.74, 6) is 1.27. The van der Waals surface area contributed by atoms with E-state index in [9.17, 15) is 4.39 Å². The van der Waals surface area contributed by atoms with Gasteiger partial charge in [0.15, 0.2) is 0 Å². The van der Waals surface area contributed by atoms with Crippen molar-refractivity contribution in [3.05, 3.63) is 34.4 Å². The number of hydrogen-bond donors (Lipinski definition) is 1. The highest BCUT2D eigenvalue weighted by Gasteiger charge is 2.18. The molecule has 0 spiro atoms. The molecule has 0 bridgehead atoms. The van der Waals surface area contributed by atoms with Gasteiger partial charge >= 0.3 is 0 Å². The minimum atomic E-state index is -0.322. The summed E-state index contributed by atoms with van der Waals surface area (Å²) in [6, 6.07) is 4.58. The summed E-state index contributed by atoms with van der Waals surface area (Å²) in [4.78, 5) is 4.36. The number of halogens is 2. The van der Waals surface area contributed by atoms with Crippen LogP contribution >= 0.6 is 15.9 Å². The lowest BCUT2D eigenvalue weighted by molar-refractivity contribution is 0.316. The predicted octanol–water partition coefficient (Wildman–Crippen LogP) is 3.18. The second-order valence-corrected chi connectivity index (χ2v) is 6.00. The molecule has 106 valence electrons. The van der Waals surface area contributed by atoms with Crippen molar-refractivity contribution >= 4 is 15.9 Å². The Morgan fingerprint density at radius 2 is 2.30 bits per heavy atom. The van der Waals surface area contributed by atoms with E-state index in [2.05, 4.69) is 31.4 Å². The van der Waals surface area contributed by atoms with E-state index in [0.29, 0.717) is 27.7 Å². The van der Waals surface area contributed by atoms with Crippen LogP contribution in [0.3, 0.4) is 0 Å². The topological polar surface area (TPSA) is 51.0 Å². The van der Waals surface area contributed by atoms with Gasteiger partial charge < -0.3 is 9.84 Å². The van der Waals surface area contributed by atoms with Gasteiger partial charge in [0.25, 0.3) is 0 Å². The average Bonchev–Trinajstić information content (AvgIpc) is 2.87. The molecule has 1 aromatic heterocycles. The quantitative estimate of drug-likeness (QED) is 0.932. The molecule has 1 saturated heterocycles. The van der Waals surface area contributed by atoms with Gasteiger partial charge in [-0.15, -0.1) is 0 Å². The Labute approximate surface area is 124 Å². The molecule has 0 saturated carbocycles. The fourth-order valence-electron chi connectivity index (χ4n) is 2.48. The SMILES string of the molecule is Fc1cc(Br)cc(-c2noc(CC3CCCNC3)n2)c1. The van der Waals surface area contributed by atoms with Gasteiger partial charge in [0, 0.05) is 16.5 Å². The number of nitrogens with zero attached hydrogens (tertiary/aromatic N) is 2. The molecule has 1 unspecified atom stereocenters. The van der Waals surface area contributed by atoms with E-state index in [1.165, 1.54) is 25.0 Å². The maximum Gasteiger partial charge on any atom is 0.227 e. The first-order chi connectivity index (χ1) is 9.70. The van der Waals surface area contributed by atoms with E-state index in [-0.39, 0.29) is 5.82 Å². The zero-order valence-corrected chi connectivity index (χ0v) is 12.5. The van der Waals surface area contributed by atoms with Crippen LogP contribution in [0.5, 0.6) is 0 Å². The molecule has 0 amide bonds. The summed E-state index contributed by atoms with van der Waals surface area (Å²) in [5, 5.41) is 7.30. The number of rotatable bonds is 3. The van der Waals surface area contributed by atoms with Gasteiger partial charge in [-0.2, -0.15) is 4.98 Å². The van der Waals surface area contributed by atoms with Crippen molar-refractivity contribution in [1.82, 2.24) is 15.5 Å². The predicted molar refractivity (Wildman–Crippen MR) is 76.7 cm³/mol. The van der Waals surface area contributed by atoms with Gasteiger partial charge in [0.2, 0.25) is 11.7 Å². The van der Waals surface area contributed by atoms with E-state index in [4.69, 9.17) is 4.52 Å². The van der Waals surface area contributed by atoms with E-state index >= 15 is 0 Å². The fraction of sp³-hybridized carbons (Fsp3) is 0.429. The molecule has 2 heterocycles. The second kappa shape index (κ2) is 6.01. The van der Waals surface area contributed by atoms with Gasteiger partial charge in [-0.3, -0.25) is 0 Å². The average molecular weight is 340 g/mol. The van der Waals surface area contributed by atoms with E-state index in [1.54, 1.807) is 6.07 Å². The summed E-state index contributed by atoms with van der Waals surface area (Å²) in [6.45, 7) is 2.08. The molecular formula is C14H15BrFN3O. The summed E-state index contributed by atoms with van der Waals surface area (Å²) in [6.07, 6.45) is 3.13. The Bertz CT molecular complexity index is 576. The lowest BCUT2D eigenvalue weighted by Gasteiger charge is -2.20. The van der Waals surface area contributed by atoms with Crippen LogP contribution in [0.1, 0.15) is 18.7 Å². The maximum absolute atomic E-state index is 13.4. The molecule has 20 heavy (non-hydrogen) atoms. The van der Waals surface area contributed by atoms with Crippen LogP contribution in [0.4, 0.5) is 4.39 Å². The minimum Gasteiger partial charge on any atom is -0.339 e. The highest BCUT2D eigenvalue weighted by molar-refractivity contribution is 9.10. The third kappa shape index (κ3) is 3.24.